The summed E-state index contributed by atoms with van der Waals surface area (Å²) in [5, 5.41) is 9.13. The number of hydrogen-bond acceptors (Lipinski definition) is 3. The van der Waals surface area contributed by atoms with Crippen molar-refractivity contribution < 1.29 is 32.2 Å². The summed E-state index contributed by atoms with van der Waals surface area (Å²) in [6, 6.07) is 13.5. The number of ether oxygens (including phenoxy) is 1. The van der Waals surface area contributed by atoms with E-state index in [0.29, 0.717) is 22.8 Å². The summed E-state index contributed by atoms with van der Waals surface area (Å²) in [5.74, 6) is 0.490. The first-order valence-corrected chi connectivity index (χ1v) is 9.44. The summed E-state index contributed by atoms with van der Waals surface area (Å²) in [7, 11) is 0. The molecule has 0 saturated carbocycles. The van der Waals surface area contributed by atoms with E-state index < -0.39 is 23.3 Å². The molecule has 0 aliphatic rings. The maximum Gasteiger partial charge on any atom is 0.416 e. The molecule has 0 atom stereocenters. The van der Waals surface area contributed by atoms with E-state index in [-0.39, 0.29) is 0 Å². The molecule has 1 aromatic heterocycles. The van der Waals surface area contributed by atoms with Crippen molar-refractivity contribution in [3.8, 4) is 17.1 Å². The molecule has 31 heavy (non-hydrogen) atoms. The Morgan fingerprint density at radius 1 is 1.00 bits per heavy atom. The zero-order chi connectivity index (χ0) is 22.8. The normalized spacial score (nSPS) is 12.3. The average molecular weight is 430 g/mol. The Morgan fingerprint density at radius 2 is 1.61 bits per heavy atom. The van der Waals surface area contributed by atoms with Gasteiger partial charge in [0.25, 0.3) is 0 Å². The molecule has 0 saturated heterocycles. The summed E-state index contributed by atoms with van der Waals surface area (Å²) in [4.78, 5) is 11.2. The zero-order valence-electron chi connectivity index (χ0n) is 17.2. The first-order valence-electron chi connectivity index (χ1n) is 9.44. The lowest BCUT2D eigenvalue weighted by Gasteiger charge is -2.21. The monoisotopic (exact) mass is 430 g/mol. The topological polar surface area (TPSA) is 59.7 Å². The van der Waals surface area contributed by atoms with Gasteiger partial charge in [-0.15, -0.1) is 0 Å². The van der Waals surface area contributed by atoms with Gasteiger partial charge in [-0.2, -0.15) is 13.2 Å². The van der Waals surface area contributed by atoms with Crippen LogP contribution in [0.2, 0.25) is 0 Å². The lowest BCUT2D eigenvalue weighted by molar-refractivity contribution is -0.152. The average Bonchev–Trinajstić information content (AvgIpc) is 3.07. The lowest BCUT2D eigenvalue weighted by atomic mass is 10.1. The fraction of sp³-hybridized carbons (Fsp3) is 0.208. The number of carboxylic acid groups (broad SMARTS) is 1. The maximum absolute atomic E-state index is 12.7. The van der Waals surface area contributed by atoms with Crippen molar-refractivity contribution in [2.45, 2.75) is 32.5 Å². The van der Waals surface area contributed by atoms with Crippen LogP contribution in [-0.2, 0) is 11.0 Å². The highest BCUT2D eigenvalue weighted by Gasteiger charge is 2.30. The third kappa shape index (κ3) is 5.36. The second-order valence-corrected chi connectivity index (χ2v) is 7.52. The van der Waals surface area contributed by atoms with Crippen molar-refractivity contribution in [1.82, 2.24) is 0 Å². The van der Waals surface area contributed by atoms with Crippen LogP contribution in [0.25, 0.3) is 23.5 Å². The van der Waals surface area contributed by atoms with E-state index in [0.717, 1.165) is 23.3 Å². The highest BCUT2D eigenvalue weighted by Crippen LogP contribution is 2.32. The van der Waals surface area contributed by atoms with Crippen LogP contribution in [0.1, 0.15) is 36.3 Å². The third-order valence-electron chi connectivity index (χ3n) is 4.68. The Balaban J connectivity index is 1.73. The molecule has 3 aromatic rings. The number of aliphatic carboxylic acids is 1. The Bertz CT molecular complexity index is 1090. The number of aryl methyl sites for hydroxylation is 1. The first-order chi connectivity index (χ1) is 14.5. The predicted octanol–water partition coefficient (Wildman–Crippen LogP) is 6.69. The lowest BCUT2D eigenvalue weighted by Crippen LogP contribution is -2.37. The van der Waals surface area contributed by atoms with Gasteiger partial charge in [0.05, 0.1) is 5.56 Å². The van der Waals surface area contributed by atoms with E-state index in [2.05, 4.69) is 0 Å². The van der Waals surface area contributed by atoms with E-state index in [1.165, 1.54) is 26.0 Å². The molecule has 0 aliphatic carbocycles. The molecule has 0 aliphatic heterocycles. The van der Waals surface area contributed by atoms with E-state index in [1.54, 1.807) is 37.3 Å². The van der Waals surface area contributed by atoms with E-state index in [9.17, 15) is 18.0 Å². The first kappa shape index (κ1) is 22.2. The maximum atomic E-state index is 12.7. The minimum absolute atomic E-state index is 0.439. The number of carboxylic acids is 1. The second kappa shape index (κ2) is 8.34. The van der Waals surface area contributed by atoms with Crippen molar-refractivity contribution in [2.75, 3.05) is 0 Å². The predicted molar refractivity (Wildman–Crippen MR) is 112 cm³/mol. The molecule has 0 amide bonds. The Morgan fingerprint density at radius 3 is 2.16 bits per heavy atom. The van der Waals surface area contributed by atoms with Gasteiger partial charge in [0.2, 0.25) is 0 Å². The van der Waals surface area contributed by atoms with Crippen molar-refractivity contribution in [2.24, 2.45) is 0 Å². The van der Waals surface area contributed by atoms with Gasteiger partial charge in [0, 0.05) is 11.1 Å². The molecular formula is C24H21F3O4. The van der Waals surface area contributed by atoms with Gasteiger partial charge in [0.1, 0.15) is 17.3 Å². The summed E-state index contributed by atoms with van der Waals surface area (Å²) in [6.07, 6.45) is -0.695. The van der Waals surface area contributed by atoms with Crippen LogP contribution in [0.3, 0.4) is 0 Å². The molecule has 3 rings (SSSR count). The third-order valence-corrected chi connectivity index (χ3v) is 4.68. The number of furan rings is 1. The number of carbonyl (C=O) groups is 1. The standard InChI is InChI=1S/C24H21F3O4/c1-15-18(14-21(30-15)17-8-10-19(11-9-17)24(25,26)27)7-4-16-5-12-20(13-6-16)31-23(2,3)22(28)29/h4-14H,1-3H3,(H,28,29). The highest BCUT2D eigenvalue weighted by molar-refractivity contribution is 5.77. The Hall–Kier alpha value is -3.48. The molecule has 4 nitrogen and oxygen atoms in total. The molecule has 1 N–H and O–H groups in total. The van der Waals surface area contributed by atoms with Crippen LogP contribution in [0.15, 0.2) is 59.0 Å². The van der Waals surface area contributed by atoms with Crippen LogP contribution in [0, 0.1) is 6.92 Å². The molecule has 7 heteroatoms. The molecule has 2 aromatic carbocycles. The number of halogens is 3. The van der Waals surface area contributed by atoms with Gasteiger partial charge >= 0.3 is 12.1 Å². The van der Waals surface area contributed by atoms with Crippen LogP contribution < -0.4 is 4.74 Å². The van der Waals surface area contributed by atoms with Gasteiger partial charge in [0.15, 0.2) is 5.60 Å². The van der Waals surface area contributed by atoms with E-state index in [1.807, 2.05) is 12.2 Å². The Labute approximate surface area is 177 Å². The zero-order valence-corrected chi connectivity index (χ0v) is 17.2. The molecule has 0 fully saturated rings. The number of benzene rings is 2. The summed E-state index contributed by atoms with van der Waals surface area (Å²) < 4.78 is 49.4. The molecule has 1 heterocycles. The fourth-order valence-corrected chi connectivity index (χ4v) is 2.80. The largest absolute Gasteiger partial charge is 0.478 e. The van der Waals surface area contributed by atoms with Gasteiger partial charge < -0.3 is 14.3 Å². The minimum Gasteiger partial charge on any atom is -0.478 e. The summed E-state index contributed by atoms with van der Waals surface area (Å²) >= 11 is 0. The highest BCUT2D eigenvalue weighted by atomic mass is 19.4. The van der Waals surface area contributed by atoms with Crippen LogP contribution >= 0.6 is 0 Å². The fourth-order valence-electron chi connectivity index (χ4n) is 2.80. The van der Waals surface area contributed by atoms with Crippen molar-refractivity contribution in [3.05, 3.63) is 77.0 Å². The molecular weight excluding hydrogens is 409 g/mol. The van der Waals surface area contributed by atoms with E-state index >= 15 is 0 Å². The number of alkyl halides is 3. The van der Waals surface area contributed by atoms with Crippen molar-refractivity contribution in [1.29, 1.82) is 0 Å². The summed E-state index contributed by atoms with van der Waals surface area (Å²) in [6.45, 7) is 4.72. The summed E-state index contributed by atoms with van der Waals surface area (Å²) in [5.41, 5.74) is 0.163. The Kier molecular flexibility index (Phi) is 5.97. The quantitative estimate of drug-likeness (QED) is 0.474. The molecule has 0 radical (unpaired) electrons. The van der Waals surface area contributed by atoms with Gasteiger partial charge in [-0.05, 0) is 56.7 Å². The van der Waals surface area contributed by atoms with Crippen LogP contribution in [-0.4, -0.2) is 16.7 Å². The molecule has 162 valence electrons. The van der Waals surface area contributed by atoms with Gasteiger partial charge in [-0.1, -0.05) is 36.4 Å². The molecule has 0 spiro atoms. The SMILES string of the molecule is Cc1oc(-c2ccc(C(F)(F)F)cc2)cc1C=Cc1ccc(OC(C)(C)C(=O)O)cc1. The van der Waals surface area contributed by atoms with Crippen LogP contribution in [0.4, 0.5) is 13.2 Å². The van der Waals surface area contributed by atoms with Crippen molar-refractivity contribution in [3.63, 3.8) is 0 Å². The molecule has 0 bridgehead atoms. The number of rotatable bonds is 6. The smallest absolute Gasteiger partial charge is 0.416 e. The molecule has 0 unspecified atom stereocenters. The minimum atomic E-state index is -4.38. The van der Waals surface area contributed by atoms with Crippen molar-refractivity contribution >= 4 is 18.1 Å². The van der Waals surface area contributed by atoms with E-state index in [4.69, 9.17) is 14.3 Å². The van der Waals surface area contributed by atoms with Gasteiger partial charge in [-0.25, -0.2) is 4.79 Å². The number of hydrogen-bond donors (Lipinski definition) is 1. The van der Waals surface area contributed by atoms with Crippen LogP contribution in [0.5, 0.6) is 5.75 Å². The van der Waals surface area contributed by atoms with Gasteiger partial charge in [-0.3, -0.25) is 0 Å². The second-order valence-electron chi connectivity index (χ2n) is 7.52.